The average molecular weight is 290 g/mol. The van der Waals surface area contributed by atoms with Crippen molar-refractivity contribution in [2.24, 2.45) is 0 Å². The summed E-state index contributed by atoms with van der Waals surface area (Å²) in [6.07, 6.45) is 2.33. The average Bonchev–Trinajstić information content (AvgIpc) is 3.31. The van der Waals surface area contributed by atoms with Crippen molar-refractivity contribution in [1.29, 1.82) is 0 Å². The third kappa shape index (κ3) is 3.36. The van der Waals surface area contributed by atoms with E-state index in [9.17, 15) is 4.79 Å². The number of carbonyl (C=O) groups is 1. The van der Waals surface area contributed by atoms with Gasteiger partial charge >= 0.3 is 0 Å². The normalized spacial score (nSPS) is 22.6. The van der Waals surface area contributed by atoms with Gasteiger partial charge in [0.1, 0.15) is 0 Å². The maximum absolute atomic E-state index is 12.7. The monoisotopic (exact) mass is 290 g/mol. The lowest BCUT2D eigenvalue weighted by atomic mass is 10.1. The van der Waals surface area contributed by atoms with Crippen LogP contribution in [0.15, 0.2) is 24.3 Å². The van der Waals surface area contributed by atoms with Gasteiger partial charge in [-0.2, -0.15) is 11.8 Å². The fraction of sp³-hybridized carbons (Fsp3) is 0.562. The molecule has 20 heavy (non-hydrogen) atoms. The Morgan fingerprint density at radius 2 is 2.10 bits per heavy atom. The molecule has 4 heteroatoms. The zero-order chi connectivity index (χ0) is 13.9. The molecule has 1 unspecified atom stereocenters. The highest BCUT2D eigenvalue weighted by Gasteiger charge is 2.36. The lowest BCUT2D eigenvalue weighted by molar-refractivity contribution is -0.134. The second kappa shape index (κ2) is 6.19. The van der Waals surface area contributed by atoms with Crippen LogP contribution in [-0.2, 0) is 11.3 Å². The summed E-state index contributed by atoms with van der Waals surface area (Å²) in [5.41, 5.74) is 2.50. The van der Waals surface area contributed by atoms with Crippen LogP contribution in [0, 0.1) is 6.92 Å². The van der Waals surface area contributed by atoms with Crippen LogP contribution in [0.25, 0.3) is 0 Å². The summed E-state index contributed by atoms with van der Waals surface area (Å²) < 4.78 is 0. The van der Waals surface area contributed by atoms with Gasteiger partial charge in [-0.3, -0.25) is 4.79 Å². The molecule has 108 valence electrons. The van der Waals surface area contributed by atoms with Gasteiger partial charge in [-0.25, -0.2) is 0 Å². The highest BCUT2D eigenvalue weighted by molar-refractivity contribution is 7.99. The molecule has 1 N–H and O–H groups in total. The van der Waals surface area contributed by atoms with E-state index in [4.69, 9.17) is 0 Å². The van der Waals surface area contributed by atoms with Gasteiger partial charge in [0.25, 0.3) is 0 Å². The van der Waals surface area contributed by atoms with Gasteiger partial charge in [-0.1, -0.05) is 29.8 Å². The first-order valence-corrected chi connectivity index (χ1v) is 8.56. The minimum Gasteiger partial charge on any atom is -0.334 e. The van der Waals surface area contributed by atoms with E-state index < -0.39 is 0 Å². The smallest absolute Gasteiger partial charge is 0.241 e. The Morgan fingerprint density at radius 1 is 1.35 bits per heavy atom. The van der Waals surface area contributed by atoms with E-state index in [1.807, 2.05) is 11.8 Å². The minimum absolute atomic E-state index is 0.0137. The Morgan fingerprint density at radius 3 is 2.70 bits per heavy atom. The van der Waals surface area contributed by atoms with Crippen LogP contribution < -0.4 is 5.32 Å². The minimum atomic E-state index is 0.0137. The molecular weight excluding hydrogens is 268 g/mol. The van der Waals surface area contributed by atoms with Gasteiger partial charge in [-0.05, 0) is 25.3 Å². The van der Waals surface area contributed by atoms with E-state index in [-0.39, 0.29) is 6.04 Å². The molecule has 3 rings (SSSR count). The second-order valence-electron chi connectivity index (χ2n) is 5.76. The van der Waals surface area contributed by atoms with Gasteiger partial charge in [0.05, 0.1) is 6.04 Å². The number of nitrogens with zero attached hydrogens (tertiary/aromatic N) is 1. The number of nitrogens with one attached hydrogen (secondary N) is 1. The molecule has 0 aromatic heterocycles. The van der Waals surface area contributed by atoms with Crippen molar-refractivity contribution in [2.45, 2.75) is 38.4 Å². The van der Waals surface area contributed by atoms with Crippen molar-refractivity contribution in [2.75, 3.05) is 18.1 Å². The van der Waals surface area contributed by atoms with E-state index in [1.165, 1.54) is 11.1 Å². The number of benzene rings is 1. The summed E-state index contributed by atoms with van der Waals surface area (Å²) in [5.74, 6) is 2.32. The molecule has 0 radical (unpaired) electrons. The molecule has 1 atom stereocenters. The first-order valence-electron chi connectivity index (χ1n) is 7.41. The standard InChI is InChI=1S/C16H22N2OS/c1-12-2-4-13(5-3-12)10-18(14-6-7-14)16(19)15-11-20-9-8-17-15/h2-5,14-15,17H,6-11H2,1H3. The van der Waals surface area contributed by atoms with Crippen molar-refractivity contribution in [3.8, 4) is 0 Å². The predicted octanol–water partition coefficient (Wildman–Crippen LogP) is 2.19. The van der Waals surface area contributed by atoms with Crippen molar-refractivity contribution in [3.63, 3.8) is 0 Å². The largest absolute Gasteiger partial charge is 0.334 e. The van der Waals surface area contributed by atoms with Crippen molar-refractivity contribution in [3.05, 3.63) is 35.4 Å². The molecule has 1 heterocycles. The number of hydrogen-bond acceptors (Lipinski definition) is 3. The number of rotatable bonds is 4. The molecule has 1 aromatic rings. The van der Waals surface area contributed by atoms with Gasteiger partial charge in [0, 0.05) is 30.6 Å². The number of hydrogen-bond donors (Lipinski definition) is 1. The molecule has 1 aliphatic carbocycles. The summed E-state index contributed by atoms with van der Waals surface area (Å²) in [4.78, 5) is 14.8. The second-order valence-corrected chi connectivity index (χ2v) is 6.91. The lowest BCUT2D eigenvalue weighted by Crippen LogP contribution is -2.51. The van der Waals surface area contributed by atoms with E-state index in [0.717, 1.165) is 37.4 Å². The first-order chi connectivity index (χ1) is 9.74. The highest BCUT2D eigenvalue weighted by atomic mass is 32.2. The topological polar surface area (TPSA) is 32.3 Å². The number of amides is 1. The maximum Gasteiger partial charge on any atom is 0.241 e. The zero-order valence-corrected chi connectivity index (χ0v) is 12.8. The molecule has 0 spiro atoms. The molecule has 0 bridgehead atoms. The predicted molar refractivity (Wildman–Crippen MR) is 83.9 cm³/mol. The highest BCUT2D eigenvalue weighted by Crippen LogP contribution is 2.29. The van der Waals surface area contributed by atoms with E-state index in [1.54, 1.807) is 0 Å². The summed E-state index contributed by atoms with van der Waals surface area (Å²) in [7, 11) is 0. The van der Waals surface area contributed by atoms with Gasteiger partial charge < -0.3 is 10.2 Å². The molecule has 1 saturated carbocycles. The summed E-state index contributed by atoms with van der Waals surface area (Å²) in [5, 5.41) is 3.36. The van der Waals surface area contributed by atoms with Crippen LogP contribution in [0.2, 0.25) is 0 Å². The number of aryl methyl sites for hydroxylation is 1. The molecule has 3 nitrogen and oxygen atoms in total. The molecule has 2 aliphatic rings. The quantitative estimate of drug-likeness (QED) is 0.922. The van der Waals surface area contributed by atoms with Crippen LogP contribution in [0.5, 0.6) is 0 Å². The van der Waals surface area contributed by atoms with Crippen LogP contribution in [0.4, 0.5) is 0 Å². The third-order valence-corrected chi connectivity index (χ3v) is 5.03. The Hall–Kier alpha value is -1.00. The summed E-state index contributed by atoms with van der Waals surface area (Å²) >= 11 is 1.88. The van der Waals surface area contributed by atoms with Crippen LogP contribution in [0.3, 0.4) is 0 Å². The van der Waals surface area contributed by atoms with Crippen molar-refractivity contribution < 1.29 is 4.79 Å². The molecule has 1 aliphatic heterocycles. The molecule has 1 aromatic carbocycles. The Kier molecular flexibility index (Phi) is 4.32. The van der Waals surface area contributed by atoms with Gasteiger partial charge in [0.15, 0.2) is 0 Å². The molecule has 2 fully saturated rings. The van der Waals surface area contributed by atoms with E-state index in [0.29, 0.717) is 11.9 Å². The van der Waals surface area contributed by atoms with Gasteiger partial charge in [-0.15, -0.1) is 0 Å². The Balaban J connectivity index is 1.68. The van der Waals surface area contributed by atoms with Crippen LogP contribution >= 0.6 is 11.8 Å². The van der Waals surface area contributed by atoms with E-state index in [2.05, 4.69) is 41.4 Å². The van der Waals surface area contributed by atoms with Crippen LogP contribution in [-0.4, -0.2) is 40.9 Å². The lowest BCUT2D eigenvalue weighted by Gasteiger charge is -2.30. The SMILES string of the molecule is Cc1ccc(CN(C(=O)C2CSCCN2)C2CC2)cc1. The van der Waals surface area contributed by atoms with Crippen molar-refractivity contribution in [1.82, 2.24) is 10.2 Å². The van der Waals surface area contributed by atoms with Crippen LogP contribution in [0.1, 0.15) is 24.0 Å². The number of carbonyl (C=O) groups excluding carboxylic acids is 1. The number of thioether (sulfide) groups is 1. The fourth-order valence-electron chi connectivity index (χ4n) is 2.59. The Labute approximate surface area is 125 Å². The molecule has 1 saturated heterocycles. The van der Waals surface area contributed by atoms with Crippen molar-refractivity contribution >= 4 is 17.7 Å². The van der Waals surface area contributed by atoms with E-state index >= 15 is 0 Å². The fourth-order valence-corrected chi connectivity index (χ4v) is 3.51. The summed E-state index contributed by atoms with van der Waals surface area (Å²) in [6.45, 7) is 3.80. The maximum atomic E-state index is 12.7. The molecule has 1 amide bonds. The summed E-state index contributed by atoms with van der Waals surface area (Å²) in [6, 6.07) is 9.01. The Bertz CT molecular complexity index is 464. The van der Waals surface area contributed by atoms with Gasteiger partial charge in [0.2, 0.25) is 5.91 Å². The zero-order valence-electron chi connectivity index (χ0n) is 12.0. The third-order valence-electron chi connectivity index (χ3n) is 3.96. The molecular formula is C16H22N2OS. The first kappa shape index (κ1) is 14.0.